The lowest BCUT2D eigenvalue weighted by Crippen LogP contribution is -2.62. The highest BCUT2D eigenvalue weighted by atomic mass is 16.6. The highest BCUT2D eigenvalue weighted by molar-refractivity contribution is 5.01. The number of aliphatic hydroxyl groups is 1. The fourth-order valence-electron chi connectivity index (χ4n) is 3.39. The van der Waals surface area contributed by atoms with Gasteiger partial charge >= 0.3 is 0 Å². The molecule has 3 aliphatic heterocycles. The molecule has 0 bridgehead atoms. The first-order valence-corrected chi connectivity index (χ1v) is 6.71. The van der Waals surface area contributed by atoms with Crippen LogP contribution in [-0.2, 0) is 14.2 Å². The van der Waals surface area contributed by atoms with Gasteiger partial charge in [0.05, 0.1) is 36.1 Å². The van der Waals surface area contributed by atoms with Gasteiger partial charge in [-0.15, -0.1) is 0 Å². The number of aliphatic hydroxyl groups excluding tert-OH is 1. The van der Waals surface area contributed by atoms with Gasteiger partial charge in [-0.2, -0.15) is 0 Å². The number of ether oxygens (including phenoxy) is 3. The minimum Gasteiger partial charge on any atom is -0.390 e. The first-order chi connectivity index (χ1) is 8.08. The molecule has 0 radical (unpaired) electrons. The third kappa shape index (κ3) is 2.01. The molecule has 0 amide bonds. The molecule has 0 aromatic rings. The minimum absolute atomic E-state index is 0.0108. The van der Waals surface area contributed by atoms with E-state index in [0.29, 0.717) is 6.42 Å². The lowest BCUT2D eigenvalue weighted by atomic mass is 9.79. The zero-order chi connectivity index (χ0) is 12.0. The summed E-state index contributed by atoms with van der Waals surface area (Å²) in [6.45, 7) is 4.86. The fraction of sp³-hybridized carbons (Fsp3) is 1.00. The van der Waals surface area contributed by atoms with Gasteiger partial charge in [-0.05, 0) is 26.7 Å². The van der Waals surface area contributed by atoms with Crippen LogP contribution < -0.4 is 0 Å². The van der Waals surface area contributed by atoms with Gasteiger partial charge in [0.2, 0.25) is 0 Å². The molecule has 0 unspecified atom stereocenters. The minimum atomic E-state index is -0.408. The van der Waals surface area contributed by atoms with Crippen LogP contribution in [0.4, 0.5) is 0 Å². The van der Waals surface area contributed by atoms with Crippen LogP contribution in [0.2, 0.25) is 0 Å². The Hall–Kier alpha value is -0.160. The number of hydrogen-bond donors (Lipinski definition) is 1. The van der Waals surface area contributed by atoms with Gasteiger partial charge in [0.15, 0.2) is 0 Å². The average molecular weight is 242 g/mol. The molecule has 3 heterocycles. The van der Waals surface area contributed by atoms with Crippen molar-refractivity contribution in [2.45, 2.75) is 75.7 Å². The smallest absolute Gasteiger partial charge is 0.0946 e. The van der Waals surface area contributed by atoms with E-state index in [1.54, 1.807) is 0 Å². The van der Waals surface area contributed by atoms with E-state index in [-0.39, 0.29) is 30.0 Å². The highest BCUT2D eigenvalue weighted by Crippen LogP contribution is 2.42. The molecule has 3 aliphatic rings. The zero-order valence-electron chi connectivity index (χ0n) is 10.6. The van der Waals surface area contributed by atoms with Crippen molar-refractivity contribution in [3.8, 4) is 0 Å². The molecule has 0 aromatic carbocycles. The molecule has 1 N–H and O–H groups in total. The topological polar surface area (TPSA) is 47.9 Å². The van der Waals surface area contributed by atoms with Gasteiger partial charge in [-0.25, -0.2) is 0 Å². The van der Waals surface area contributed by atoms with E-state index >= 15 is 0 Å². The molecule has 0 saturated carbocycles. The van der Waals surface area contributed by atoms with Crippen LogP contribution in [-0.4, -0.2) is 47.8 Å². The Morgan fingerprint density at radius 3 is 2.94 bits per heavy atom. The van der Waals surface area contributed by atoms with Crippen LogP contribution >= 0.6 is 0 Å². The molecule has 4 nitrogen and oxygen atoms in total. The molecule has 0 aromatic heterocycles. The van der Waals surface area contributed by atoms with Crippen LogP contribution in [0.5, 0.6) is 0 Å². The predicted octanol–water partition coefficient (Wildman–Crippen LogP) is 1.25. The van der Waals surface area contributed by atoms with Crippen molar-refractivity contribution in [3.63, 3.8) is 0 Å². The standard InChI is InChI=1S/C13H22O4/c1-8-9(14)6-12-13(2,17-8)7-11-10(16-12)4-3-5-15-11/h8-12,14H,3-7H2,1-2H3/t8-,9+,10+,11-,12-,13+/m0/s1. The second-order valence-electron chi connectivity index (χ2n) is 5.86. The van der Waals surface area contributed by atoms with Crippen molar-refractivity contribution >= 4 is 0 Å². The second-order valence-corrected chi connectivity index (χ2v) is 5.86. The van der Waals surface area contributed by atoms with E-state index in [4.69, 9.17) is 14.2 Å². The molecule has 0 aliphatic carbocycles. The Morgan fingerprint density at radius 2 is 2.12 bits per heavy atom. The third-order valence-corrected chi connectivity index (χ3v) is 4.46. The van der Waals surface area contributed by atoms with Gasteiger partial charge in [0.25, 0.3) is 0 Å². The van der Waals surface area contributed by atoms with E-state index < -0.39 is 6.10 Å². The summed E-state index contributed by atoms with van der Waals surface area (Å²) in [5, 5.41) is 9.89. The van der Waals surface area contributed by atoms with Crippen LogP contribution in [0.25, 0.3) is 0 Å². The Bertz CT molecular complexity index is 295. The molecule has 3 fully saturated rings. The Kier molecular flexibility index (Phi) is 2.94. The maximum atomic E-state index is 9.89. The van der Waals surface area contributed by atoms with Crippen LogP contribution in [0.1, 0.15) is 39.5 Å². The SMILES string of the molecule is C[C@@H]1O[C@]2(C)C[C@@H]3OCCC[C@H]3O[C@H]2C[C@H]1O. The largest absolute Gasteiger partial charge is 0.390 e. The third-order valence-electron chi connectivity index (χ3n) is 4.46. The van der Waals surface area contributed by atoms with E-state index in [2.05, 4.69) is 6.92 Å². The summed E-state index contributed by atoms with van der Waals surface area (Å²) in [6.07, 6.45) is 3.58. The van der Waals surface area contributed by atoms with Gasteiger partial charge < -0.3 is 19.3 Å². The van der Waals surface area contributed by atoms with Gasteiger partial charge in [0.1, 0.15) is 0 Å². The van der Waals surface area contributed by atoms with Crippen molar-refractivity contribution in [1.29, 1.82) is 0 Å². The monoisotopic (exact) mass is 242 g/mol. The molecular weight excluding hydrogens is 220 g/mol. The summed E-state index contributed by atoms with van der Waals surface area (Å²) >= 11 is 0. The van der Waals surface area contributed by atoms with E-state index in [9.17, 15) is 5.11 Å². The van der Waals surface area contributed by atoms with Crippen molar-refractivity contribution in [2.24, 2.45) is 0 Å². The fourth-order valence-corrected chi connectivity index (χ4v) is 3.39. The zero-order valence-corrected chi connectivity index (χ0v) is 10.6. The van der Waals surface area contributed by atoms with E-state index in [1.807, 2.05) is 6.92 Å². The van der Waals surface area contributed by atoms with E-state index in [0.717, 1.165) is 25.9 Å². The van der Waals surface area contributed by atoms with E-state index in [1.165, 1.54) is 0 Å². The van der Waals surface area contributed by atoms with Crippen LogP contribution in [0.3, 0.4) is 0 Å². The molecule has 6 atom stereocenters. The lowest BCUT2D eigenvalue weighted by Gasteiger charge is -2.53. The predicted molar refractivity (Wildman–Crippen MR) is 61.8 cm³/mol. The molecule has 0 spiro atoms. The Morgan fingerprint density at radius 1 is 1.29 bits per heavy atom. The maximum Gasteiger partial charge on any atom is 0.0946 e. The molecule has 3 saturated heterocycles. The summed E-state index contributed by atoms with van der Waals surface area (Å²) in [5.41, 5.74) is -0.294. The quantitative estimate of drug-likeness (QED) is 0.694. The Labute approximate surface area is 102 Å². The summed E-state index contributed by atoms with van der Waals surface area (Å²) in [7, 11) is 0. The molecule has 17 heavy (non-hydrogen) atoms. The van der Waals surface area contributed by atoms with Crippen molar-refractivity contribution in [3.05, 3.63) is 0 Å². The summed E-state index contributed by atoms with van der Waals surface area (Å²) < 4.78 is 17.9. The van der Waals surface area contributed by atoms with Gasteiger partial charge in [0, 0.05) is 19.4 Å². The second kappa shape index (κ2) is 4.19. The van der Waals surface area contributed by atoms with Crippen LogP contribution in [0, 0.1) is 0 Å². The normalized spacial score (nSPS) is 54.9. The average Bonchev–Trinajstić information content (AvgIpc) is 2.28. The first-order valence-electron chi connectivity index (χ1n) is 6.71. The summed E-state index contributed by atoms with van der Waals surface area (Å²) in [5.74, 6) is 0. The van der Waals surface area contributed by atoms with Crippen LogP contribution in [0.15, 0.2) is 0 Å². The number of rotatable bonds is 0. The molecule has 98 valence electrons. The molecule has 4 heteroatoms. The maximum absolute atomic E-state index is 9.89. The van der Waals surface area contributed by atoms with Gasteiger partial charge in [-0.1, -0.05) is 0 Å². The number of hydrogen-bond acceptors (Lipinski definition) is 4. The summed E-state index contributed by atoms with van der Waals surface area (Å²) in [6, 6.07) is 0. The molecule has 3 rings (SSSR count). The summed E-state index contributed by atoms with van der Waals surface area (Å²) in [4.78, 5) is 0. The highest BCUT2D eigenvalue weighted by Gasteiger charge is 2.52. The van der Waals surface area contributed by atoms with Crippen molar-refractivity contribution in [2.75, 3.05) is 6.61 Å². The lowest BCUT2D eigenvalue weighted by molar-refractivity contribution is -0.294. The first kappa shape index (κ1) is 11.9. The number of fused-ring (bicyclic) bond motifs is 2. The molecular formula is C13H22O4. The Balaban J connectivity index is 1.77. The van der Waals surface area contributed by atoms with Crippen molar-refractivity contribution in [1.82, 2.24) is 0 Å². The van der Waals surface area contributed by atoms with Crippen molar-refractivity contribution < 1.29 is 19.3 Å². The van der Waals surface area contributed by atoms with Gasteiger partial charge in [-0.3, -0.25) is 0 Å².